The first-order valence-corrected chi connectivity index (χ1v) is 5.78. The van der Waals surface area contributed by atoms with Gasteiger partial charge in [-0.3, -0.25) is 0 Å². The van der Waals surface area contributed by atoms with E-state index in [1.165, 1.54) is 18.6 Å². The minimum absolute atomic E-state index is 0.0104. The van der Waals surface area contributed by atoms with Crippen LogP contribution in [0.15, 0.2) is 45.7 Å². The first-order valence-electron chi connectivity index (χ1n) is 5.40. The lowest BCUT2D eigenvalue weighted by atomic mass is 10.0. The third-order valence-corrected chi connectivity index (χ3v) is 3.01. The summed E-state index contributed by atoms with van der Waals surface area (Å²) >= 11 is 5.77. The number of benzene rings is 1. The first-order chi connectivity index (χ1) is 9.18. The zero-order valence-corrected chi connectivity index (χ0v) is 10.3. The second-order valence-electron chi connectivity index (χ2n) is 3.89. The number of nitrogens with two attached hydrogens (primary N) is 1. The van der Waals surface area contributed by atoms with Gasteiger partial charge in [0.25, 0.3) is 0 Å². The molecule has 0 bridgehead atoms. The van der Waals surface area contributed by atoms with Gasteiger partial charge in [-0.1, -0.05) is 28.9 Å². The molecule has 0 aliphatic rings. The molecule has 0 aliphatic carbocycles. The summed E-state index contributed by atoms with van der Waals surface area (Å²) in [5, 5.41) is 3.68. The summed E-state index contributed by atoms with van der Waals surface area (Å²) in [7, 11) is 0. The molecule has 2 N–H and O–H groups in total. The molecule has 0 unspecified atom stereocenters. The molecule has 3 aromatic rings. The molecule has 0 fully saturated rings. The third-order valence-electron chi connectivity index (χ3n) is 2.72. The minimum atomic E-state index is -0.566. The number of furan rings is 1. The second kappa shape index (κ2) is 4.44. The lowest BCUT2D eigenvalue weighted by Crippen LogP contribution is -1.92. The van der Waals surface area contributed by atoms with Crippen LogP contribution in [-0.4, -0.2) is 5.16 Å². The van der Waals surface area contributed by atoms with Gasteiger partial charge < -0.3 is 14.7 Å². The molecule has 0 radical (unpaired) electrons. The van der Waals surface area contributed by atoms with Crippen LogP contribution in [0.25, 0.3) is 22.5 Å². The molecular formula is C13H8ClFN2O2. The van der Waals surface area contributed by atoms with E-state index < -0.39 is 5.82 Å². The Bertz CT molecular complexity index is 722. The van der Waals surface area contributed by atoms with Crippen molar-refractivity contribution < 1.29 is 13.3 Å². The molecule has 0 spiro atoms. The SMILES string of the molecule is Nc1noc(-c2ccoc2)c1-c1cccc(Cl)c1F. The number of hydrogen-bond acceptors (Lipinski definition) is 4. The Morgan fingerprint density at radius 2 is 2.11 bits per heavy atom. The van der Waals surface area contributed by atoms with Gasteiger partial charge in [-0.25, -0.2) is 4.39 Å². The van der Waals surface area contributed by atoms with Crippen molar-refractivity contribution in [1.29, 1.82) is 0 Å². The van der Waals surface area contributed by atoms with E-state index in [0.717, 1.165) is 0 Å². The maximum absolute atomic E-state index is 14.1. The fraction of sp³-hybridized carbons (Fsp3) is 0. The van der Waals surface area contributed by atoms with Crippen LogP contribution in [-0.2, 0) is 0 Å². The molecule has 0 aliphatic heterocycles. The molecule has 0 atom stereocenters. The fourth-order valence-corrected chi connectivity index (χ4v) is 2.02. The van der Waals surface area contributed by atoms with E-state index in [-0.39, 0.29) is 16.4 Å². The monoisotopic (exact) mass is 278 g/mol. The molecule has 2 heterocycles. The summed E-state index contributed by atoms with van der Waals surface area (Å²) in [4.78, 5) is 0. The van der Waals surface area contributed by atoms with E-state index in [2.05, 4.69) is 5.16 Å². The predicted molar refractivity (Wildman–Crippen MR) is 69.0 cm³/mol. The average molecular weight is 279 g/mol. The summed E-state index contributed by atoms with van der Waals surface area (Å²) in [6, 6.07) is 6.33. The molecular weight excluding hydrogens is 271 g/mol. The summed E-state index contributed by atoms with van der Waals surface area (Å²) in [6.07, 6.45) is 2.94. The van der Waals surface area contributed by atoms with Crippen LogP contribution >= 0.6 is 11.6 Å². The van der Waals surface area contributed by atoms with Crippen LogP contribution in [0, 0.1) is 5.82 Å². The van der Waals surface area contributed by atoms with Crippen molar-refractivity contribution in [2.75, 3.05) is 5.73 Å². The van der Waals surface area contributed by atoms with Crippen molar-refractivity contribution in [3.05, 3.63) is 47.6 Å². The molecule has 0 saturated carbocycles. The van der Waals surface area contributed by atoms with Crippen molar-refractivity contribution in [2.45, 2.75) is 0 Å². The number of aromatic nitrogens is 1. The summed E-state index contributed by atoms with van der Waals surface area (Å²) in [5.74, 6) is -0.131. The van der Waals surface area contributed by atoms with Crippen molar-refractivity contribution in [2.24, 2.45) is 0 Å². The lowest BCUT2D eigenvalue weighted by Gasteiger charge is -2.04. The second-order valence-corrected chi connectivity index (χ2v) is 4.29. The molecule has 0 amide bonds. The Labute approximate surface area is 112 Å². The van der Waals surface area contributed by atoms with Gasteiger partial charge in [0.1, 0.15) is 12.1 Å². The van der Waals surface area contributed by atoms with Gasteiger partial charge in [0, 0.05) is 5.56 Å². The summed E-state index contributed by atoms with van der Waals surface area (Å²) < 4.78 is 24.2. The van der Waals surface area contributed by atoms with Gasteiger partial charge in [0.2, 0.25) is 0 Å². The van der Waals surface area contributed by atoms with Gasteiger partial charge >= 0.3 is 0 Å². The highest BCUT2D eigenvalue weighted by Gasteiger charge is 2.22. The Balaban J connectivity index is 2.26. The molecule has 3 rings (SSSR count). The molecule has 19 heavy (non-hydrogen) atoms. The van der Waals surface area contributed by atoms with Crippen molar-refractivity contribution in [1.82, 2.24) is 5.16 Å². The van der Waals surface area contributed by atoms with Gasteiger partial charge in [-0.15, -0.1) is 0 Å². The smallest absolute Gasteiger partial charge is 0.180 e. The van der Waals surface area contributed by atoms with Gasteiger partial charge in [0.05, 0.1) is 22.4 Å². The van der Waals surface area contributed by atoms with Crippen LogP contribution in [0.5, 0.6) is 0 Å². The Kier molecular flexibility index (Phi) is 2.76. The zero-order chi connectivity index (χ0) is 13.4. The largest absolute Gasteiger partial charge is 0.472 e. The van der Waals surface area contributed by atoms with Gasteiger partial charge in [0.15, 0.2) is 11.6 Å². The molecule has 2 aromatic heterocycles. The van der Waals surface area contributed by atoms with Crippen molar-refractivity contribution in [3.8, 4) is 22.5 Å². The number of nitrogens with zero attached hydrogens (tertiary/aromatic N) is 1. The third kappa shape index (κ3) is 1.88. The van der Waals surface area contributed by atoms with Gasteiger partial charge in [-0.2, -0.15) is 0 Å². The summed E-state index contributed by atoms with van der Waals surface area (Å²) in [5.41, 5.74) is 6.98. The number of halogens is 2. The van der Waals surface area contributed by atoms with Gasteiger partial charge in [-0.05, 0) is 12.1 Å². The quantitative estimate of drug-likeness (QED) is 0.770. The molecule has 0 saturated heterocycles. The van der Waals surface area contributed by atoms with E-state index in [1.807, 2.05) is 0 Å². The van der Waals surface area contributed by atoms with Crippen LogP contribution in [0.3, 0.4) is 0 Å². The zero-order valence-electron chi connectivity index (χ0n) is 9.56. The highest BCUT2D eigenvalue weighted by molar-refractivity contribution is 6.31. The van der Waals surface area contributed by atoms with Crippen LogP contribution in [0.2, 0.25) is 5.02 Å². The molecule has 4 nitrogen and oxygen atoms in total. The Morgan fingerprint density at radius 1 is 1.26 bits per heavy atom. The van der Waals surface area contributed by atoms with Crippen LogP contribution < -0.4 is 5.73 Å². The topological polar surface area (TPSA) is 65.2 Å². The highest BCUT2D eigenvalue weighted by Crippen LogP contribution is 2.39. The van der Waals surface area contributed by atoms with E-state index in [9.17, 15) is 4.39 Å². The van der Waals surface area contributed by atoms with Crippen LogP contribution in [0.4, 0.5) is 10.2 Å². The Hall–Kier alpha value is -2.27. The highest BCUT2D eigenvalue weighted by atomic mass is 35.5. The predicted octanol–water partition coefficient (Wildman–Crippen LogP) is 3.98. The van der Waals surface area contributed by atoms with Crippen LogP contribution in [0.1, 0.15) is 0 Å². The number of anilines is 1. The maximum Gasteiger partial charge on any atom is 0.180 e. The molecule has 96 valence electrons. The Morgan fingerprint density at radius 3 is 2.84 bits per heavy atom. The average Bonchev–Trinajstić information content (AvgIpc) is 3.02. The fourth-order valence-electron chi connectivity index (χ4n) is 1.85. The minimum Gasteiger partial charge on any atom is -0.472 e. The maximum atomic E-state index is 14.1. The number of rotatable bonds is 2. The number of hydrogen-bond donors (Lipinski definition) is 1. The lowest BCUT2D eigenvalue weighted by molar-refractivity contribution is 0.435. The van der Waals surface area contributed by atoms with E-state index >= 15 is 0 Å². The van der Waals surface area contributed by atoms with E-state index in [1.54, 1.807) is 18.2 Å². The molecule has 1 aromatic carbocycles. The normalized spacial score (nSPS) is 10.8. The molecule has 6 heteroatoms. The van der Waals surface area contributed by atoms with E-state index in [4.69, 9.17) is 26.3 Å². The van der Waals surface area contributed by atoms with Crippen molar-refractivity contribution >= 4 is 17.4 Å². The summed E-state index contributed by atoms with van der Waals surface area (Å²) in [6.45, 7) is 0. The number of nitrogen functional groups attached to an aromatic ring is 1. The first kappa shape index (κ1) is 11.8. The van der Waals surface area contributed by atoms with Crippen molar-refractivity contribution in [3.63, 3.8) is 0 Å². The standard InChI is InChI=1S/C13H8ClFN2O2/c14-9-3-1-2-8(11(9)15)10-12(19-17-13(10)16)7-4-5-18-6-7/h1-6H,(H2,16,17). The van der Waals surface area contributed by atoms with E-state index in [0.29, 0.717) is 16.9 Å².